The Kier molecular flexibility index (Phi) is 3.57. The van der Waals surface area contributed by atoms with Crippen molar-refractivity contribution in [3.05, 3.63) is 29.6 Å². The first kappa shape index (κ1) is 12.5. The van der Waals surface area contributed by atoms with Crippen molar-refractivity contribution in [3.8, 4) is 0 Å². The molecule has 0 spiro atoms. The first-order valence-electron chi connectivity index (χ1n) is 5.51. The monoisotopic (exact) mass is 252 g/mol. The van der Waals surface area contributed by atoms with Gasteiger partial charge in [-0.25, -0.2) is 9.18 Å². The third kappa shape index (κ3) is 2.48. The molecule has 1 saturated heterocycles. The average Bonchev–Trinajstić information content (AvgIpc) is 2.28. The van der Waals surface area contributed by atoms with Gasteiger partial charge < -0.3 is 15.4 Å². The lowest BCUT2D eigenvalue weighted by atomic mass is 10.0. The van der Waals surface area contributed by atoms with Gasteiger partial charge >= 0.3 is 5.97 Å². The second kappa shape index (κ2) is 5.14. The SMILES string of the molecule is COC(=O)c1ccc(F)c(NC(=O)C2CNC2)c1. The first-order chi connectivity index (χ1) is 8.61. The van der Waals surface area contributed by atoms with Crippen LogP contribution in [0.25, 0.3) is 0 Å². The molecule has 1 heterocycles. The average molecular weight is 252 g/mol. The van der Waals surface area contributed by atoms with Crippen LogP contribution in [0, 0.1) is 11.7 Å². The summed E-state index contributed by atoms with van der Waals surface area (Å²) in [5.74, 6) is -1.56. The Hall–Kier alpha value is -1.95. The first-order valence-corrected chi connectivity index (χ1v) is 5.51. The lowest BCUT2D eigenvalue weighted by Gasteiger charge is -2.25. The Labute approximate surface area is 103 Å². The molecule has 1 aromatic carbocycles. The molecule has 6 heteroatoms. The van der Waals surface area contributed by atoms with Gasteiger partial charge in [0.05, 0.1) is 24.3 Å². The number of benzene rings is 1. The smallest absolute Gasteiger partial charge is 0.337 e. The van der Waals surface area contributed by atoms with Crippen molar-refractivity contribution < 1.29 is 18.7 Å². The Balaban J connectivity index is 2.15. The highest BCUT2D eigenvalue weighted by Gasteiger charge is 2.25. The van der Waals surface area contributed by atoms with Crippen molar-refractivity contribution in [1.82, 2.24) is 5.32 Å². The molecule has 1 aliphatic heterocycles. The van der Waals surface area contributed by atoms with Crippen LogP contribution in [0.4, 0.5) is 10.1 Å². The number of nitrogens with one attached hydrogen (secondary N) is 2. The van der Waals surface area contributed by atoms with Gasteiger partial charge in [-0.15, -0.1) is 0 Å². The minimum Gasteiger partial charge on any atom is -0.465 e. The van der Waals surface area contributed by atoms with Crippen LogP contribution in [0.1, 0.15) is 10.4 Å². The third-order valence-corrected chi connectivity index (χ3v) is 2.80. The van der Waals surface area contributed by atoms with Crippen LogP contribution in [-0.2, 0) is 9.53 Å². The van der Waals surface area contributed by atoms with Crippen molar-refractivity contribution >= 4 is 17.6 Å². The zero-order valence-electron chi connectivity index (χ0n) is 9.83. The summed E-state index contributed by atoms with van der Waals surface area (Å²) < 4.78 is 18.0. The molecule has 1 amide bonds. The topological polar surface area (TPSA) is 67.4 Å². The van der Waals surface area contributed by atoms with E-state index >= 15 is 0 Å². The molecule has 2 rings (SSSR count). The van der Waals surface area contributed by atoms with Crippen molar-refractivity contribution in [2.45, 2.75) is 0 Å². The standard InChI is InChI=1S/C12H13FN2O3/c1-18-12(17)7-2-3-9(13)10(4-7)15-11(16)8-5-14-6-8/h2-4,8,14H,5-6H2,1H3,(H,15,16). The van der Waals surface area contributed by atoms with E-state index in [1.54, 1.807) is 0 Å². The molecule has 0 radical (unpaired) electrons. The lowest BCUT2D eigenvalue weighted by molar-refractivity contribution is -0.121. The molecule has 0 bridgehead atoms. The van der Waals surface area contributed by atoms with Gasteiger partial charge in [-0.05, 0) is 18.2 Å². The van der Waals surface area contributed by atoms with E-state index in [1.165, 1.54) is 19.2 Å². The quantitative estimate of drug-likeness (QED) is 0.780. The van der Waals surface area contributed by atoms with E-state index in [-0.39, 0.29) is 23.1 Å². The predicted octanol–water partition coefficient (Wildman–Crippen LogP) is 0.770. The number of methoxy groups -OCH3 is 1. The molecule has 1 fully saturated rings. The van der Waals surface area contributed by atoms with Gasteiger partial charge in [-0.2, -0.15) is 0 Å². The van der Waals surface area contributed by atoms with Crippen molar-refractivity contribution in [2.24, 2.45) is 5.92 Å². The van der Waals surface area contributed by atoms with E-state index in [4.69, 9.17) is 0 Å². The van der Waals surface area contributed by atoms with Crippen LogP contribution in [0.2, 0.25) is 0 Å². The number of rotatable bonds is 3. The van der Waals surface area contributed by atoms with Gasteiger partial charge in [-0.3, -0.25) is 4.79 Å². The molecule has 0 unspecified atom stereocenters. The van der Waals surface area contributed by atoms with Gasteiger partial charge in [0, 0.05) is 13.1 Å². The summed E-state index contributed by atoms with van der Waals surface area (Å²) >= 11 is 0. The number of anilines is 1. The van der Waals surface area contributed by atoms with Crippen molar-refractivity contribution in [2.75, 3.05) is 25.5 Å². The van der Waals surface area contributed by atoms with Crippen molar-refractivity contribution in [3.63, 3.8) is 0 Å². The van der Waals surface area contributed by atoms with Gasteiger partial charge in [0.2, 0.25) is 5.91 Å². The minimum atomic E-state index is -0.580. The Bertz CT molecular complexity index is 486. The molecule has 0 aromatic heterocycles. The van der Waals surface area contributed by atoms with E-state index in [9.17, 15) is 14.0 Å². The number of hydrogen-bond acceptors (Lipinski definition) is 4. The van der Waals surface area contributed by atoms with Crippen LogP contribution >= 0.6 is 0 Å². The Morgan fingerprint density at radius 2 is 2.17 bits per heavy atom. The molecule has 2 N–H and O–H groups in total. The summed E-state index contributed by atoms with van der Waals surface area (Å²) in [4.78, 5) is 23.0. The number of ether oxygens (including phenoxy) is 1. The summed E-state index contributed by atoms with van der Waals surface area (Å²) in [6.45, 7) is 1.17. The third-order valence-electron chi connectivity index (χ3n) is 2.80. The molecule has 1 aromatic rings. The summed E-state index contributed by atoms with van der Waals surface area (Å²) in [7, 11) is 1.24. The summed E-state index contributed by atoms with van der Waals surface area (Å²) in [6, 6.07) is 3.70. The van der Waals surface area contributed by atoms with Crippen LogP contribution < -0.4 is 10.6 Å². The fourth-order valence-corrected chi connectivity index (χ4v) is 1.57. The summed E-state index contributed by atoms with van der Waals surface area (Å²) in [6.07, 6.45) is 0. The number of halogens is 1. The molecule has 0 aliphatic carbocycles. The van der Waals surface area contributed by atoms with Crippen molar-refractivity contribution in [1.29, 1.82) is 0 Å². The molecule has 1 aliphatic rings. The van der Waals surface area contributed by atoms with Crippen LogP contribution in [0.15, 0.2) is 18.2 Å². The van der Waals surface area contributed by atoms with E-state index in [2.05, 4.69) is 15.4 Å². The maximum atomic E-state index is 13.5. The normalized spacial score (nSPS) is 14.8. The molecular formula is C12H13FN2O3. The maximum Gasteiger partial charge on any atom is 0.337 e. The summed E-state index contributed by atoms with van der Waals surface area (Å²) in [5, 5.41) is 5.42. The minimum absolute atomic E-state index is 0.00481. The predicted molar refractivity (Wildman–Crippen MR) is 62.7 cm³/mol. The van der Waals surface area contributed by atoms with E-state index in [1.807, 2.05) is 0 Å². The molecule has 5 nitrogen and oxygen atoms in total. The highest BCUT2D eigenvalue weighted by molar-refractivity contribution is 5.96. The summed E-state index contributed by atoms with van der Waals surface area (Å²) in [5.41, 5.74) is 0.190. The number of hydrogen-bond donors (Lipinski definition) is 2. The van der Waals surface area contributed by atoms with Gasteiger partial charge in [0.1, 0.15) is 5.82 Å². The molecular weight excluding hydrogens is 239 g/mol. The van der Waals surface area contributed by atoms with Gasteiger partial charge in [-0.1, -0.05) is 0 Å². The van der Waals surface area contributed by atoms with Crippen LogP contribution in [0.5, 0.6) is 0 Å². The molecule has 18 heavy (non-hydrogen) atoms. The number of esters is 1. The largest absolute Gasteiger partial charge is 0.465 e. The zero-order chi connectivity index (χ0) is 13.1. The van der Waals surface area contributed by atoms with Gasteiger partial charge in [0.25, 0.3) is 0 Å². The van der Waals surface area contributed by atoms with E-state index in [0.29, 0.717) is 13.1 Å². The lowest BCUT2D eigenvalue weighted by Crippen LogP contribution is -2.48. The fraction of sp³-hybridized carbons (Fsp3) is 0.333. The second-order valence-corrected chi connectivity index (χ2v) is 4.03. The Morgan fingerprint density at radius 3 is 2.72 bits per heavy atom. The van der Waals surface area contributed by atoms with E-state index in [0.717, 1.165) is 6.07 Å². The van der Waals surface area contributed by atoms with E-state index < -0.39 is 11.8 Å². The highest BCUT2D eigenvalue weighted by atomic mass is 19.1. The van der Waals surface area contributed by atoms with Crippen LogP contribution in [0.3, 0.4) is 0 Å². The van der Waals surface area contributed by atoms with Crippen LogP contribution in [-0.4, -0.2) is 32.1 Å². The number of carbonyl (C=O) groups excluding carboxylic acids is 2. The number of carbonyl (C=O) groups is 2. The molecule has 0 saturated carbocycles. The molecule has 96 valence electrons. The highest BCUT2D eigenvalue weighted by Crippen LogP contribution is 2.18. The number of amides is 1. The second-order valence-electron chi connectivity index (χ2n) is 4.03. The fourth-order valence-electron chi connectivity index (χ4n) is 1.57. The van der Waals surface area contributed by atoms with Gasteiger partial charge in [0.15, 0.2) is 0 Å². The zero-order valence-corrected chi connectivity index (χ0v) is 9.83. The molecule has 0 atom stereocenters. The maximum absolute atomic E-state index is 13.5. The Morgan fingerprint density at radius 1 is 1.44 bits per heavy atom.